The second-order valence-corrected chi connectivity index (χ2v) is 13.4. The molecule has 0 radical (unpaired) electrons. The van der Waals surface area contributed by atoms with Crippen LogP contribution in [-0.2, 0) is 0 Å². The average Bonchev–Trinajstić information content (AvgIpc) is 3.25. The highest BCUT2D eigenvalue weighted by molar-refractivity contribution is 6.21. The molecule has 0 N–H and O–H groups in total. The van der Waals surface area contributed by atoms with Gasteiger partial charge in [-0.15, -0.1) is 0 Å². The van der Waals surface area contributed by atoms with Crippen molar-refractivity contribution < 1.29 is 4.39 Å². The zero-order valence-corrected chi connectivity index (χ0v) is 29.6. The van der Waals surface area contributed by atoms with Gasteiger partial charge in [-0.3, -0.25) is 0 Å². The van der Waals surface area contributed by atoms with Crippen LogP contribution in [0.4, 0.5) is 21.5 Å². The van der Waals surface area contributed by atoms with Crippen LogP contribution < -0.4 is 4.90 Å². The monoisotopic (exact) mass is 693 g/mol. The third-order valence-electron chi connectivity index (χ3n) is 10.1. The quantitative estimate of drug-likeness (QED) is 0.153. The number of halogens is 1. The standard InChI is InChI=1S/C52H36FN/c53-42-31-35-45(36-32-42)54(43-25-14-5-15-26-43)44-33-29-37(30-34-44)46-27-16-28-47-48(38-17-6-1-7-18-38)49(39-19-8-2-9-20-39)50(40-21-10-3-11-22-40)51(52(46)47)41-23-12-4-13-24-41/h1-36H. The van der Waals surface area contributed by atoms with Crippen LogP contribution in [0.2, 0.25) is 0 Å². The molecule has 0 spiro atoms. The van der Waals surface area contributed by atoms with Crippen LogP contribution in [0, 0.1) is 5.82 Å². The summed E-state index contributed by atoms with van der Waals surface area (Å²) in [5.74, 6) is -0.257. The molecule has 0 saturated heterocycles. The average molecular weight is 694 g/mol. The first-order valence-corrected chi connectivity index (χ1v) is 18.3. The van der Waals surface area contributed by atoms with E-state index in [1.54, 1.807) is 0 Å². The van der Waals surface area contributed by atoms with Gasteiger partial charge in [0.2, 0.25) is 0 Å². The molecule has 0 aliphatic heterocycles. The molecule has 0 saturated carbocycles. The van der Waals surface area contributed by atoms with E-state index >= 15 is 0 Å². The van der Waals surface area contributed by atoms with Crippen molar-refractivity contribution in [3.05, 3.63) is 224 Å². The molecule has 0 aliphatic carbocycles. The Labute approximate surface area is 315 Å². The first-order valence-electron chi connectivity index (χ1n) is 18.3. The molecule has 54 heavy (non-hydrogen) atoms. The molecular formula is C52H36FN. The van der Waals surface area contributed by atoms with Gasteiger partial charge in [-0.05, 0) is 115 Å². The first kappa shape index (κ1) is 32.8. The lowest BCUT2D eigenvalue weighted by molar-refractivity contribution is 0.628. The van der Waals surface area contributed by atoms with Gasteiger partial charge in [0.25, 0.3) is 0 Å². The number of para-hydroxylation sites is 1. The molecule has 2 heteroatoms. The maximum absolute atomic E-state index is 14.1. The summed E-state index contributed by atoms with van der Waals surface area (Å²) in [5, 5.41) is 2.39. The van der Waals surface area contributed by atoms with E-state index < -0.39 is 0 Å². The maximum Gasteiger partial charge on any atom is 0.123 e. The fraction of sp³-hybridized carbons (Fsp3) is 0. The topological polar surface area (TPSA) is 3.24 Å². The molecule has 9 aromatic carbocycles. The molecule has 0 aromatic heterocycles. The first-order chi connectivity index (χ1) is 26.7. The number of anilines is 3. The molecule has 0 amide bonds. The minimum Gasteiger partial charge on any atom is -0.311 e. The summed E-state index contributed by atoms with van der Waals surface area (Å²) < 4.78 is 14.1. The van der Waals surface area contributed by atoms with Gasteiger partial charge in [0.05, 0.1) is 0 Å². The Morgan fingerprint density at radius 3 is 1.17 bits per heavy atom. The minimum atomic E-state index is -0.257. The van der Waals surface area contributed by atoms with Crippen molar-refractivity contribution in [3.8, 4) is 55.6 Å². The Balaban J connectivity index is 1.36. The van der Waals surface area contributed by atoms with Gasteiger partial charge in [0.1, 0.15) is 5.82 Å². The molecule has 0 atom stereocenters. The summed E-state index contributed by atoms with van der Waals surface area (Å²) in [6.07, 6.45) is 0. The van der Waals surface area contributed by atoms with Gasteiger partial charge in [0, 0.05) is 17.1 Å². The highest BCUT2D eigenvalue weighted by Crippen LogP contribution is 2.53. The molecule has 0 fully saturated rings. The number of hydrogen-bond donors (Lipinski definition) is 0. The molecule has 1 nitrogen and oxygen atoms in total. The van der Waals surface area contributed by atoms with Gasteiger partial charge in [-0.1, -0.05) is 170 Å². The zero-order chi connectivity index (χ0) is 36.3. The van der Waals surface area contributed by atoms with Crippen molar-refractivity contribution in [3.63, 3.8) is 0 Å². The third kappa shape index (κ3) is 6.14. The van der Waals surface area contributed by atoms with Crippen molar-refractivity contribution in [1.82, 2.24) is 0 Å². The molecule has 0 heterocycles. The fourth-order valence-corrected chi connectivity index (χ4v) is 7.77. The molecule has 9 rings (SSSR count). The fourth-order valence-electron chi connectivity index (χ4n) is 7.77. The van der Waals surface area contributed by atoms with E-state index in [0.717, 1.165) is 39.3 Å². The number of benzene rings is 9. The summed E-state index contributed by atoms with van der Waals surface area (Å²) >= 11 is 0. The van der Waals surface area contributed by atoms with Crippen molar-refractivity contribution in [2.45, 2.75) is 0 Å². The normalized spacial score (nSPS) is 11.1. The van der Waals surface area contributed by atoms with Crippen LogP contribution in [0.3, 0.4) is 0 Å². The van der Waals surface area contributed by atoms with E-state index in [9.17, 15) is 4.39 Å². The van der Waals surface area contributed by atoms with Gasteiger partial charge in [-0.2, -0.15) is 0 Å². The summed E-state index contributed by atoms with van der Waals surface area (Å²) in [6, 6.07) is 75.7. The largest absolute Gasteiger partial charge is 0.311 e. The van der Waals surface area contributed by atoms with Crippen LogP contribution >= 0.6 is 0 Å². The molecule has 9 aromatic rings. The Morgan fingerprint density at radius 2 is 0.667 bits per heavy atom. The maximum atomic E-state index is 14.1. The highest BCUT2D eigenvalue weighted by atomic mass is 19.1. The van der Waals surface area contributed by atoms with Crippen LogP contribution in [0.25, 0.3) is 66.4 Å². The van der Waals surface area contributed by atoms with Crippen LogP contribution in [0.5, 0.6) is 0 Å². The lowest BCUT2D eigenvalue weighted by atomic mass is 9.77. The van der Waals surface area contributed by atoms with Gasteiger partial charge >= 0.3 is 0 Å². The predicted molar refractivity (Wildman–Crippen MR) is 226 cm³/mol. The highest BCUT2D eigenvalue weighted by Gasteiger charge is 2.25. The summed E-state index contributed by atoms with van der Waals surface area (Å²) in [6.45, 7) is 0. The SMILES string of the molecule is Fc1ccc(N(c2ccccc2)c2ccc(-c3cccc4c(-c5ccccc5)c(-c5ccccc5)c(-c5ccccc5)c(-c5ccccc5)c34)cc2)cc1. The van der Waals surface area contributed by atoms with E-state index in [1.165, 1.54) is 56.3 Å². The summed E-state index contributed by atoms with van der Waals surface area (Å²) in [5.41, 5.74) is 14.6. The van der Waals surface area contributed by atoms with Crippen LogP contribution in [0.1, 0.15) is 0 Å². The second-order valence-electron chi connectivity index (χ2n) is 13.4. The smallest absolute Gasteiger partial charge is 0.123 e. The Bertz CT molecular complexity index is 2660. The number of rotatable bonds is 8. The van der Waals surface area contributed by atoms with Gasteiger partial charge in [0.15, 0.2) is 0 Å². The van der Waals surface area contributed by atoms with Gasteiger partial charge < -0.3 is 4.90 Å². The van der Waals surface area contributed by atoms with Crippen molar-refractivity contribution in [2.75, 3.05) is 4.90 Å². The van der Waals surface area contributed by atoms with E-state index in [4.69, 9.17) is 0 Å². The van der Waals surface area contributed by atoms with Crippen LogP contribution in [-0.4, -0.2) is 0 Å². The van der Waals surface area contributed by atoms with E-state index in [1.807, 2.05) is 30.3 Å². The van der Waals surface area contributed by atoms with Crippen molar-refractivity contribution in [2.24, 2.45) is 0 Å². The molecule has 0 bridgehead atoms. The van der Waals surface area contributed by atoms with E-state index in [-0.39, 0.29) is 5.82 Å². The molecule has 256 valence electrons. The van der Waals surface area contributed by atoms with Crippen molar-refractivity contribution >= 4 is 27.8 Å². The summed E-state index contributed by atoms with van der Waals surface area (Å²) in [4.78, 5) is 2.16. The Kier molecular flexibility index (Phi) is 8.84. The molecule has 0 unspecified atom stereocenters. The summed E-state index contributed by atoms with van der Waals surface area (Å²) in [7, 11) is 0. The lowest BCUT2D eigenvalue weighted by Crippen LogP contribution is -2.09. The van der Waals surface area contributed by atoms with Gasteiger partial charge in [-0.25, -0.2) is 4.39 Å². The Hall–Kier alpha value is -7.03. The number of fused-ring (bicyclic) bond motifs is 1. The number of nitrogens with zero attached hydrogens (tertiary/aromatic N) is 1. The Morgan fingerprint density at radius 1 is 0.278 bits per heavy atom. The molecular weight excluding hydrogens is 658 g/mol. The zero-order valence-electron chi connectivity index (χ0n) is 29.6. The number of hydrogen-bond acceptors (Lipinski definition) is 1. The van der Waals surface area contributed by atoms with E-state index in [2.05, 4.69) is 181 Å². The van der Waals surface area contributed by atoms with E-state index in [0.29, 0.717) is 0 Å². The van der Waals surface area contributed by atoms with Crippen LogP contribution in [0.15, 0.2) is 218 Å². The minimum absolute atomic E-state index is 0.257. The molecule has 0 aliphatic rings. The van der Waals surface area contributed by atoms with Crippen molar-refractivity contribution in [1.29, 1.82) is 0 Å². The third-order valence-corrected chi connectivity index (χ3v) is 10.1. The lowest BCUT2D eigenvalue weighted by Gasteiger charge is -2.26. The second kappa shape index (κ2) is 14.5. The predicted octanol–water partition coefficient (Wildman–Crippen LogP) is 14.8.